The summed E-state index contributed by atoms with van der Waals surface area (Å²) in [5.41, 5.74) is 0.491. The largest absolute Gasteiger partial charge is 0.335 e. The number of nitrogens with zero attached hydrogens (tertiary/aromatic N) is 1. The van der Waals surface area contributed by atoms with E-state index >= 15 is 0 Å². The molecule has 1 aliphatic heterocycles. The molecule has 3 aliphatic rings. The van der Waals surface area contributed by atoms with E-state index in [1.54, 1.807) is 24.3 Å². The fourth-order valence-corrected chi connectivity index (χ4v) is 5.68. The van der Waals surface area contributed by atoms with E-state index in [0.29, 0.717) is 17.5 Å². The normalized spacial score (nSPS) is 27.0. The van der Waals surface area contributed by atoms with Gasteiger partial charge < -0.3 is 4.90 Å². The topological polar surface area (TPSA) is 66.5 Å². The number of rotatable bonds is 4. The molecule has 4 rings (SSSR count). The highest BCUT2D eigenvalue weighted by Gasteiger charge is 2.36. The van der Waals surface area contributed by atoms with Crippen molar-refractivity contribution in [2.75, 3.05) is 6.54 Å². The van der Waals surface area contributed by atoms with Gasteiger partial charge in [0.2, 0.25) is 10.0 Å². The van der Waals surface area contributed by atoms with Crippen molar-refractivity contribution >= 4 is 15.9 Å². The molecule has 1 amide bonds. The third-order valence-corrected chi connectivity index (χ3v) is 7.31. The van der Waals surface area contributed by atoms with Crippen molar-refractivity contribution in [3.8, 4) is 0 Å². The Morgan fingerprint density at radius 2 is 1.80 bits per heavy atom. The predicted octanol–water partition coefficient (Wildman–Crippen LogP) is 2.92. The standard InChI is InChI=1S/C19H26N2O3S/c22-19(21-12-4-7-14-5-1-2-9-18(14)21)15-6-3-8-17(13-15)25(23,24)20-16-10-11-16/h3,6,8,13-14,16,18,20H,1-2,4-5,7,9-12H2/t14-,18+/m1/s1. The van der Waals surface area contributed by atoms with Gasteiger partial charge in [-0.3, -0.25) is 4.79 Å². The average molecular weight is 362 g/mol. The van der Waals surface area contributed by atoms with Gasteiger partial charge in [-0.1, -0.05) is 18.9 Å². The number of piperidine rings is 1. The first kappa shape index (κ1) is 17.0. The minimum atomic E-state index is -3.53. The molecule has 6 heteroatoms. The second-order valence-corrected chi connectivity index (χ2v) is 9.39. The number of hydrogen-bond donors (Lipinski definition) is 1. The van der Waals surface area contributed by atoms with Gasteiger partial charge in [0.15, 0.2) is 0 Å². The maximum Gasteiger partial charge on any atom is 0.254 e. The van der Waals surface area contributed by atoms with E-state index in [4.69, 9.17) is 0 Å². The van der Waals surface area contributed by atoms with E-state index in [-0.39, 0.29) is 16.8 Å². The second kappa shape index (κ2) is 6.72. The van der Waals surface area contributed by atoms with E-state index < -0.39 is 10.0 Å². The fourth-order valence-electron chi connectivity index (χ4n) is 4.33. The molecule has 25 heavy (non-hydrogen) atoms. The number of hydrogen-bond acceptors (Lipinski definition) is 3. The smallest absolute Gasteiger partial charge is 0.254 e. The molecule has 0 radical (unpaired) electrons. The summed E-state index contributed by atoms with van der Waals surface area (Å²) in [5.74, 6) is 0.606. The summed E-state index contributed by atoms with van der Waals surface area (Å²) in [4.78, 5) is 15.3. The summed E-state index contributed by atoms with van der Waals surface area (Å²) >= 11 is 0. The van der Waals surface area contributed by atoms with Gasteiger partial charge in [0.25, 0.3) is 5.91 Å². The van der Waals surface area contributed by atoms with Gasteiger partial charge in [-0.2, -0.15) is 0 Å². The highest BCUT2D eigenvalue weighted by molar-refractivity contribution is 7.89. The summed E-state index contributed by atoms with van der Waals surface area (Å²) in [5, 5.41) is 0. The third-order valence-electron chi connectivity index (χ3n) is 5.79. The first-order chi connectivity index (χ1) is 12.0. The van der Waals surface area contributed by atoms with Crippen molar-refractivity contribution in [1.29, 1.82) is 0 Å². The molecule has 1 saturated heterocycles. The van der Waals surface area contributed by atoms with Crippen LogP contribution in [-0.4, -0.2) is 37.9 Å². The average Bonchev–Trinajstić information content (AvgIpc) is 3.44. The maximum atomic E-state index is 13.1. The van der Waals surface area contributed by atoms with E-state index in [1.807, 2.05) is 4.90 Å². The number of fused-ring (bicyclic) bond motifs is 1. The van der Waals surface area contributed by atoms with E-state index in [0.717, 1.165) is 32.2 Å². The van der Waals surface area contributed by atoms with E-state index in [9.17, 15) is 13.2 Å². The number of sulfonamides is 1. The molecule has 2 saturated carbocycles. The second-order valence-electron chi connectivity index (χ2n) is 7.68. The fraction of sp³-hybridized carbons (Fsp3) is 0.632. The molecule has 0 bridgehead atoms. The van der Waals surface area contributed by atoms with E-state index in [1.165, 1.54) is 25.7 Å². The van der Waals surface area contributed by atoms with Crippen LogP contribution in [0, 0.1) is 5.92 Å². The minimum absolute atomic E-state index is 0.0138. The van der Waals surface area contributed by atoms with Crippen LogP contribution in [0.3, 0.4) is 0 Å². The molecule has 5 nitrogen and oxygen atoms in total. The van der Waals surface area contributed by atoms with Crippen molar-refractivity contribution in [2.24, 2.45) is 5.92 Å². The summed E-state index contributed by atoms with van der Waals surface area (Å²) in [6.45, 7) is 0.789. The Morgan fingerprint density at radius 3 is 2.60 bits per heavy atom. The monoisotopic (exact) mass is 362 g/mol. The van der Waals surface area contributed by atoms with Crippen LogP contribution in [0.15, 0.2) is 29.2 Å². The Kier molecular flexibility index (Phi) is 4.58. The Bertz CT molecular complexity index is 756. The Morgan fingerprint density at radius 1 is 1.04 bits per heavy atom. The van der Waals surface area contributed by atoms with Crippen LogP contribution in [-0.2, 0) is 10.0 Å². The lowest BCUT2D eigenvalue weighted by atomic mass is 9.78. The van der Waals surface area contributed by atoms with Crippen LogP contribution in [0.2, 0.25) is 0 Å². The van der Waals surface area contributed by atoms with Gasteiger partial charge >= 0.3 is 0 Å². The summed E-state index contributed by atoms with van der Waals surface area (Å²) in [6, 6.07) is 6.93. The van der Waals surface area contributed by atoms with E-state index in [2.05, 4.69) is 4.72 Å². The van der Waals surface area contributed by atoms with Crippen LogP contribution in [0.1, 0.15) is 61.7 Å². The zero-order valence-electron chi connectivity index (χ0n) is 14.5. The maximum absolute atomic E-state index is 13.1. The van der Waals surface area contributed by atoms with Crippen LogP contribution in [0.4, 0.5) is 0 Å². The Balaban J connectivity index is 1.56. The molecule has 0 spiro atoms. The minimum Gasteiger partial charge on any atom is -0.335 e. The van der Waals surface area contributed by atoms with Gasteiger partial charge in [0, 0.05) is 24.2 Å². The zero-order chi connectivity index (χ0) is 17.4. The number of amides is 1. The van der Waals surface area contributed by atoms with Crippen LogP contribution < -0.4 is 4.72 Å². The predicted molar refractivity (Wildman–Crippen MR) is 95.8 cm³/mol. The molecule has 0 unspecified atom stereocenters. The molecule has 2 atom stereocenters. The molecule has 0 aromatic heterocycles. The van der Waals surface area contributed by atoms with Gasteiger partial charge in [-0.05, 0) is 62.6 Å². The summed E-state index contributed by atoms with van der Waals surface area (Å²) in [6.07, 6.45) is 8.81. The van der Waals surface area contributed by atoms with Gasteiger partial charge in [0.1, 0.15) is 0 Å². The molecule has 2 aliphatic carbocycles. The van der Waals surface area contributed by atoms with Crippen molar-refractivity contribution in [3.63, 3.8) is 0 Å². The number of carbonyl (C=O) groups is 1. The lowest BCUT2D eigenvalue weighted by molar-refractivity contribution is 0.0390. The lowest BCUT2D eigenvalue weighted by Crippen LogP contribution is -2.49. The number of nitrogens with one attached hydrogen (secondary N) is 1. The number of carbonyl (C=O) groups excluding carboxylic acids is 1. The summed E-state index contributed by atoms with van der Waals surface area (Å²) < 4.78 is 27.5. The SMILES string of the molecule is O=C(c1cccc(S(=O)(=O)NC2CC2)c1)N1CCC[C@H]2CCCC[C@@H]21. The van der Waals surface area contributed by atoms with Gasteiger partial charge in [-0.25, -0.2) is 13.1 Å². The third kappa shape index (κ3) is 3.60. The van der Waals surface area contributed by atoms with Crippen molar-refractivity contribution in [2.45, 2.75) is 68.3 Å². The highest BCUT2D eigenvalue weighted by Crippen LogP contribution is 2.36. The van der Waals surface area contributed by atoms with Crippen molar-refractivity contribution in [3.05, 3.63) is 29.8 Å². The number of benzene rings is 1. The van der Waals surface area contributed by atoms with Gasteiger partial charge in [0.05, 0.1) is 4.90 Å². The van der Waals surface area contributed by atoms with Gasteiger partial charge in [-0.15, -0.1) is 0 Å². The summed E-state index contributed by atoms with van der Waals surface area (Å²) in [7, 11) is -3.53. The number of likely N-dealkylation sites (tertiary alicyclic amines) is 1. The quantitative estimate of drug-likeness (QED) is 0.895. The lowest BCUT2D eigenvalue weighted by Gasteiger charge is -2.44. The molecule has 136 valence electrons. The molecule has 1 aromatic rings. The van der Waals surface area contributed by atoms with Crippen molar-refractivity contribution < 1.29 is 13.2 Å². The van der Waals surface area contributed by atoms with Crippen LogP contribution >= 0.6 is 0 Å². The first-order valence-electron chi connectivity index (χ1n) is 9.48. The molecule has 1 heterocycles. The van der Waals surface area contributed by atoms with Crippen molar-refractivity contribution in [1.82, 2.24) is 9.62 Å². The van der Waals surface area contributed by atoms with Crippen LogP contribution in [0.25, 0.3) is 0 Å². The highest BCUT2D eigenvalue weighted by atomic mass is 32.2. The zero-order valence-corrected chi connectivity index (χ0v) is 15.3. The molecular weight excluding hydrogens is 336 g/mol. The van der Waals surface area contributed by atoms with Crippen LogP contribution in [0.5, 0.6) is 0 Å². The molecule has 3 fully saturated rings. The molecular formula is C19H26N2O3S. The first-order valence-corrected chi connectivity index (χ1v) is 11.0. The Hall–Kier alpha value is -1.40. The molecule has 1 N–H and O–H groups in total. The molecule has 1 aromatic carbocycles. The Labute approximate surface area is 149 Å².